The van der Waals surface area contributed by atoms with E-state index in [2.05, 4.69) is 33.2 Å². The van der Waals surface area contributed by atoms with Gasteiger partial charge in [0.25, 0.3) is 5.91 Å². The fourth-order valence-electron chi connectivity index (χ4n) is 4.48. The van der Waals surface area contributed by atoms with Crippen molar-refractivity contribution in [2.45, 2.75) is 39.7 Å². The minimum atomic E-state index is -4.22. The van der Waals surface area contributed by atoms with E-state index in [-0.39, 0.29) is 28.5 Å². The number of sulfone groups is 1. The number of anilines is 1. The Kier molecular flexibility index (Phi) is 9.82. The number of methoxy groups -OCH3 is 1. The summed E-state index contributed by atoms with van der Waals surface area (Å²) >= 11 is 5.72. The average molecular weight is 687 g/mol. The van der Waals surface area contributed by atoms with Gasteiger partial charge in [-0.25, -0.2) is 13.2 Å². The number of halogens is 1. The third-order valence-corrected chi connectivity index (χ3v) is 10.4. The fourth-order valence-corrected chi connectivity index (χ4v) is 8.51. The van der Waals surface area contributed by atoms with E-state index < -0.39 is 45.1 Å². The molecule has 0 aliphatic heterocycles. The molecule has 0 saturated heterocycles. The first kappa shape index (κ1) is 31.1. The van der Waals surface area contributed by atoms with Gasteiger partial charge in [-0.15, -0.1) is 11.3 Å². The monoisotopic (exact) mass is 685 g/mol. The van der Waals surface area contributed by atoms with Crippen LogP contribution in [-0.2, 0) is 53.1 Å². The maximum Gasteiger partial charge on any atom is 0.341 e. The van der Waals surface area contributed by atoms with Crippen LogP contribution >= 0.6 is 38.6 Å². The molecular weight excluding hydrogens is 658 g/mol. The number of fused-ring (bicyclic) bond motifs is 2. The van der Waals surface area contributed by atoms with Crippen LogP contribution in [0.25, 0.3) is 10.2 Å². The summed E-state index contributed by atoms with van der Waals surface area (Å²) in [7, 11) is -2.99. The van der Waals surface area contributed by atoms with E-state index in [1.54, 1.807) is 25.1 Å². The summed E-state index contributed by atoms with van der Waals surface area (Å²) < 4.78 is 38.5. The number of ether oxygens (including phenoxy) is 2. The minimum absolute atomic E-state index is 0.116. The SMILES string of the molecule is CCOC(=O)c1c(NC(=O)CS(=O)(=O)CC(=O)N=c2sc3cc(Br)ccc3n2CC(=O)OC)sc2c1CCC(C)C2. The first-order chi connectivity index (χ1) is 19.4. The van der Waals surface area contributed by atoms with Gasteiger partial charge in [0.2, 0.25) is 5.91 Å². The number of hydrogen-bond donors (Lipinski definition) is 1. The molecule has 2 heterocycles. The van der Waals surface area contributed by atoms with Crippen LogP contribution in [0.1, 0.15) is 41.1 Å². The zero-order chi connectivity index (χ0) is 29.9. The van der Waals surface area contributed by atoms with Gasteiger partial charge >= 0.3 is 11.9 Å². The number of esters is 2. The summed E-state index contributed by atoms with van der Waals surface area (Å²) in [6, 6.07) is 5.28. The number of carbonyl (C=O) groups excluding carboxylic acids is 4. The van der Waals surface area contributed by atoms with Crippen molar-refractivity contribution < 1.29 is 37.1 Å². The maximum absolute atomic E-state index is 12.8. The second-order valence-corrected chi connectivity index (χ2v) is 14.6. The van der Waals surface area contributed by atoms with Crippen LogP contribution in [0.4, 0.5) is 5.00 Å². The summed E-state index contributed by atoms with van der Waals surface area (Å²) in [4.78, 5) is 55.2. The molecule has 1 atom stereocenters. The smallest absolute Gasteiger partial charge is 0.341 e. The lowest BCUT2D eigenvalue weighted by atomic mass is 9.88. The summed E-state index contributed by atoms with van der Waals surface area (Å²) in [5.41, 5.74) is 1.71. The first-order valence-electron chi connectivity index (χ1n) is 12.7. The van der Waals surface area contributed by atoms with Crippen LogP contribution in [-0.4, -0.2) is 62.0 Å². The molecule has 2 aromatic heterocycles. The van der Waals surface area contributed by atoms with E-state index in [0.29, 0.717) is 22.6 Å². The number of rotatable bonds is 9. The highest BCUT2D eigenvalue weighted by Gasteiger charge is 2.30. The van der Waals surface area contributed by atoms with E-state index >= 15 is 0 Å². The highest BCUT2D eigenvalue weighted by molar-refractivity contribution is 9.10. The number of carbonyl (C=O) groups is 4. The van der Waals surface area contributed by atoms with Crippen molar-refractivity contribution in [2.24, 2.45) is 10.9 Å². The van der Waals surface area contributed by atoms with Crippen molar-refractivity contribution >= 4 is 87.4 Å². The quantitative estimate of drug-likeness (QED) is 0.337. The molecule has 0 bridgehead atoms. The third kappa shape index (κ3) is 7.50. The normalized spacial score (nSPS) is 15.4. The lowest BCUT2D eigenvalue weighted by molar-refractivity contribution is -0.141. The van der Waals surface area contributed by atoms with E-state index in [9.17, 15) is 27.6 Å². The molecule has 11 nitrogen and oxygen atoms in total. The zero-order valence-electron chi connectivity index (χ0n) is 22.5. The van der Waals surface area contributed by atoms with Crippen LogP contribution in [0.15, 0.2) is 27.7 Å². The highest BCUT2D eigenvalue weighted by Crippen LogP contribution is 2.40. The Morgan fingerprint density at radius 2 is 1.95 bits per heavy atom. The van der Waals surface area contributed by atoms with Crippen molar-refractivity contribution in [2.75, 3.05) is 30.5 Å². The van der Waals surface area contributed by atoms with E-state index in [1.165, 1.54) is 23.0 Å². The first-order valence-corrected chi connectivity index (χ1v) is 16.9. The molecule has 4 rings (SSSR count). The zero-order valence-corrected chi connectivity index (χ0v) is 26.6. The molecule has 1 unspecified atom stereocenters. The van der Waals surface area contributed by atoms with Crippen LogP contribution in [0, 0.1) is 5.92 Å². The Morgan fingerprint density at radius 3 is 2.66 bits per heavy atom. The summed E-state index contributed by atoms with van der Waals surface area (Å²) in [5.74, 6) is -4.57. The largest absolute Gasteiger partial charge is 0.468 e. The Bertz CT molecular complexity index is 1700. The number of aromatic nitrogens is 1. The van der Waals surface area contributed by atoms with Gasteiger partial charge in [0, 0.05) is 9.35 Å². The van der Waals surface area contributed by atoms with Crippen molar-refractivity contribution in [1.82, 2.24) is 4.57 Å². The molecule has 2 amide bonds. The second-order valence-electron chi connectivity index (χ2n) is 9.52. The molecule has 1 aliphatic carbocycles. The van der Waals surface area contributed by atoms with Gasteiger partial charge in [-0.2, -0.15) is 4.99 Å². The summed E-state index contributed by atoms with van der Waals surface area (Å²) in [5, 5.41) is 2.81. The summed E-state index contributed by atoms with van der Waals surface area (Å²) in [6.45, 7) is 3.71. The highest BCUT2D eigenvalue weighted by atomic mass is 79.9. The van der Waals surface area contributed by atoms with Crippen molar-refractivity contribution in [3.8, 4) is 0 Å². The second kappa shape index (κ2) is 13.0. The lowest BCUT2D eigenvalue weighted by Crippen LogP contribution is -2.29. The lowest BCUT2D eigenvalue weighted by Gasteiger charge is -2.18. The Balaban J connectivity index is 1.53. The number of hydrogen-bond acceptors (Lipinski definition) is 10. The van der Waals surface area contributed by atoms with Crippen molar-refractivity contribution in [3.63, 3.8) is 0 Å². The topological polar surface area (TPSA) is 150 Å². The number of thiazole rings is 1. The number of nitrogens with one attached hydrogen (secondary N) is 1. The van der Waals surface area contributed by atoms with Crippen molar-refractivity contribution in [3.05, 3.63) is 43.5 Å². The molecule has 1 aromatic carbocycles. The standard InChI is InChI=1S/C26H28BrN3O8S3/c1-4-38-25(34)23-16-7-5-14(2)9-18(16)39-24(23)28-20(31)12-41(35,36)13-21(32)29-26-30(11-22(33)37-3)17-8-6-15(27)10-19(17)40-26/h6,8,10,14H,4-5,7,9,11-13H2,1-3H3,(H,28,31). The molecule has 1 aliphatic rings. The number of thiophene rings is 1. The third-order valence-electron chi connectivity index (χ3n) is 6.32. The molecule has 1 N–H and O–H groups in total. The number of nitrogens with zero attached hydrogens (tertiary/aromatic N) is 2. The Morgan fingerprint density at radius 1 is 1.20 bits per heavy atom. The van der Waals surface area contributed by atoms with Gasteiger partial charge in [-0.3, -0.25) is 14.4 Å². The molecule has 3 aromatic rings. The molecule has 0 fully saturated rings. The molecule has 0 radical (unpaired) electrons. The van der Waals surface area contributed by atoms with Gasteiger partial charge in [0.15, 0.2) is 14.6 Å². The molecule has 15 heteroatoms. The number of benzene rings is 1. The van der Waals surface area contributed by atoms with Crippen molar-refractivity contribution in [1.29, 1.82) is 0 Å². The Hall–Kier alpha value is -2.88. The number of amides is 2. The molecule has 0 saturated carbocycles. The fraction of sp³-hybridized carbons (Fsp3) is 0.423. The van der Waals surface area contributed by atoms with E-state index in [0.717, 1.165) is 39.1 Å². The Labute approximate surface area is 252 Å². The summed E-state index contributed by atoms with van der Waals surface area (Å²) in [6.07, 6.45) is 2.30. The predicted octanol–water partition coefficient (Wildman–Crippen LogP) is 3.48. The van der Waals surface area contributed by atoms with Crippen LogP contribution < -0.4 is 10.1 Å². The van der Waals surface area contributed by atoms with Crippen LogP contribution in [0.2, 0.25) is 0 Å². The molecule has 41 heavy (non-hydrogen) atoms. The molecular formula is C26H28BrN3O8S3. The maximum atomic E-state index is 12.8. The van der Waals surface area contributed by atoms with Crippen LogP contribution in [0.5, 0.6) is 0 Å². The van der Waals surface area contributed by atoms with Gasteiger partial charge in [0.05, 0.1) is 29.5 Å². The van der Waals surface area contributed by atoms with Crippen LogP contribution in [0.3, 0.4) is 0 Å². The minimum Gasteiger partial charge on any atom is -0.468 e. The molecule has 0 spiro atoms. The average Bonchev–Trinajstić information content (AvgIpc) is 3.39. The van der Waals surface area contributed by atoms with Gasteiger partial charge in [-0.05, 0) is 55.9 Å². The van der Waals surface area contributed by atoms with Gasteiger partial charge in [0.1, 0.15) is 23.1 Å². The van der Waals surface area contributed by atoms with Gasteiger partial charge in [-0.1, -0.05) is 34.2 Å². The predicted molar refractivity (Wildman–Crippen MR) is 159 cm³/mol. The van der Waals surface area contributed by atoms with Gasteiger partial charge < -0.3 is 19.4 Å². The van der Waals surface area contributed by atoms with E-state index in [4.69, 9.17) is 9.47 Å². The molecule has 220 valence electrons. The van der Waals surface area contributed by atoms with E-state index in [1.807, 2.05) is 0 Å².